The maximum absolute atomic E-state index is 12.3. The number of anilines is 1. The molecule has 2 aromatic rings. The highest BCUT2D eigenvalue weighted by Crippen LogP contribution is 2.24. The summed E-state index contributed by atoms with van der Waals surface area (Å²) in [5.74, 6) is -0.548. The Labute approximate surface area is 135 Å². The van der Waals surface area contributed by atoms with Gasteiger partial charge >= 0.3 is 6.36 Å². The highest BCUT2D eigenvalue weighted by Gasteiger charge is 2.31. The molecule has 0 bridgehead atoms. The normalized spacial score (nSPS) is 12.0. The van der Waals surface area contributed by atoms with Gasteiger partial charge in [0.1, 0.15) is 11.4 Å². The van der Waals surface area contributed by atoms with Crippen molar-refractivity contribution >= 4 is 15.7 Å². The fourth-order valence-corrected chi connectivity index (χ4v) is 2.99. The van der Waals surface area contributed by atoms with E-state index in [0.29, 0.717) is 5.56 Å². The van der Waals surface area contributed by atoms with E-state index in [9.17, 15) is 26.4 Å². The SMILES string of the molecule is Cc1ccn(C)c(=O)c1NS(=O)(=O)c1ccc(OC(F)(F)F)cc1. The summed E-state index contributed by atoms with van der Waals surface area (Å²) in [5, 5.41) is 0. The highest BCUT2D eigenvalue weighted by atomic mass is 32.2. The summed E-state index contributed by atoms with van der Waals surface area (Å²) in [6.45, 7) is 1.56. The van der Waals surface area contributed by atoms with Gasteiger partial charge in [-0.2, -0.15) is 0 Å². The molecule has 1 aromatic heterocycles. The van der Waals surface area contributed by atoms with E-state index in [1.54, 1.807) is 13.0 Å². The molecule has 0 saturated heterocycles. The van der Waals surface area contributed by atoms with E-state index >= 15 is 0 Å². The zero-order valence-corrected chi connectivity index (χ0v) is 13.4. The minimum Gasteiger partial charge on any atom is -0.406 e. The number of pyridine rings is 1. The monoisotopic (exact) mass is 362 g/mol. The van der Waals surface area contributed by atoms with Gasteiger partial charge in [0.05, 0.1) is 4.90 Å². The summed E-state index contributed by atoms with van der Waals surface area (Å²) < 4.78 is 67.9. The molecule has 0 radical (unpaired) electrons. The number of aromatic nitrogens is 1. The highest BCUT2D eigenvalue weighted by molar-refractivity contribution is 7.92. The second kappa shape index (κ2) is 6.19. The molecule has 6 nitrogen and oxygen atoms in total. The second-order valence-corrected chi connectivity index (χ2v) is 6.60. The fourth-order valence-electron chi connectivity index (χ4n) is 1.86. The molecule has 0 fully saturated rings. The zero-order chi connectivity index (χ0) is 18.1. The Kier molecular flexibility index (Phi) is 4.61. The average molecular weight is 362 g/mol. The molecule has 0 amide bonds. The van der Waals surface area contributed by atoms with Crippen LogP contribution in [0.2, 0.25) is 0 Å². The van der Waals surface area contributed by atoms with Crippen LogP contribution in [0, 0.1) is 6.92 Å². The third kappa shape index (κ3) is 4.07. The van der Waals surface area contributed by atoms with Crippen LogP contribution >= 0.6 is 0 Å². The molecule has 0 aliphatic carbocycles. The molecule has 2 rings (SSSR count). The predicted molar refractivity (Wildman–Crippen MR) is 80.4 cm³/mol. The maximum Gasteiger partial charge on any atom is 0.573 e. The number of alkyl halides is 3. The van der Waals surface area contributed by atoms with Gasteiger partial charge < -0.3 is 9.30 Å². The van der Waals surface area contributed by atoms with E-state index in [1.807, 2.05) is 0 Å². The predicted octanol–water partition coefficient (Wildman–Crippen LogP) is 2.39. The van der Waals surface area contributed by atoms with Gasteiger partial charge in [0, 0.05) is 13.2 Å². The van der Waals surface area contributed by atoms with Gasteiger partial charge in [-0.3, -0.25) is 9.52 Å². The van der Waals surface area contributed by atoms with Crippen LogP contribution in [0.25, 0.3) is 0 Å². The molecule has 0 atom stereocenters. The smallest absolute Gasteiger partial charge is 0.406 e. The van der Waals surface area contributed by atoms with Crippen LogP contribution in [-0.4, -0.2) is 19.3 Å². The molecule has 130 valence electrons. The van der Waals surface area contributed by atoms with Crippen LogP contribution in [0.5, 0.6) is 5.75 Å². The Morgan fingerprint density at radius 1 is 1.12 bits per heavy atom. The summed E-state index contributed by atoms with van der Waals surface area (Å²) in [6.07, 6.45) is -3.38. The van der Waals surface area contributed by atoms with Crippen LogP contribution in [0.15, 0.2) is 46.2 Å². The van der Waals surface area contributed by atoms with E-state index in [-0.39, 0.29) is 10.6 Å². The molecular weight excluding hydrogens is 349 g/mol. The largest absolute Gasteiger partial charge is 0.573 e. The Hall–Kier alpha value is -2.49. The average Bonchev–Trinajstić information content (AvgIpc) is 2.47. The number of nitrogens with one attached hydrogen (secondary N) is 1. The first-order chi connectivity index (χ1) is 11.0. The minimum absolute atomic E-state index is 0.129. The molecule has 0 aliphatic rings. The van der Waals surface area contributed by atoms with Gasteiger partial charge in [-0.1, -0.05) is 0 Å². The summed E-state index contributed by atoms with van der Waals surface area (Å²) in [5.41, 5.74) is -0.259. The number of benzene rings is 1. The van der Waals surface area contributed by atoms with Crippen LogP contribution < -0.4 is 15.0 Å². The van der Waals surface area contributed by atoms with E-state index in [2.05, 4.69) is 9.46 Å². The number of aryl methyl sites for hydroxylation is 2. The lowest BCUT2D eigenvalue weighted by atomic mass is 10.2. The first-order valence-corrected chi connectivity index (χ1v) is 8.03. The van der Waals surface area contributed by atoms with Crippen molar-refractivity contribution in [3.8, 4) is 5.75 Å². The molecule has 0 spiro atoms. The van der Waals surface area contributed by atoms with Gasteiger partial charge in [-0.05, 0) is 42.8 Å². The van der Waals surface area contributed by atoms with Crippen molar-refractivity contribution in [1.82, 2.24) is 4.57 Å². The van der Waals surface area contributed by atoms with Gasteiger partial charge in [-0.15, -0.1) is 13.2 Å². The summed E-state index contributed by atoms with van der Waals surface area (Å²) >= 11 is 0. The van der Waals surface area contributed by atoms with Crippen molar-refractivity contribution in [2.24, 2.45) is 7.05 Å². The minimum atomic E-state index is -4.87. The molecular formula is C14H13F3N2O4S. The van der Waals surface area contributed by atoms with Crippen LogP contribution in [0.1, 0.15) is 5.56 Å². The number of hydrogen-bond acceptors (Lipinski definition) is 4. The molecule has 0 saturated carbocycles. The van der Waals surface area contributed by atoms with Crippen molar-refractivity contribution in [1.29, 1.82) is 0 Å². The molecule has 24 heavy (non-hydrogen) atoms. The van der Waals surface area contributed by atoms with E-state index in [4.69, 9.17) is 0 Å². The van der Waals surface area contributed by atoms with Crippen LogP contribution in [0.3, 0.4) is 0 Å². The number of rotatable bonds is 4. The standard InChI is InChI=1S/C14H13F3N2O4S/c1-9-7-8-19(2)13(20)12(9)18-24(21,22)11-5-3-10(4-6-11)23-14(15,16)17/h3-8,18H,1-2H3. The van der Waals surface area contributed by atoms with Gasteiger partial charge in [0.15, 0.2) is 0 Å². The molecule has 10 heteroatoms. The third-order valence-corrected chi connectivity index (χ3v) is 4.45. The van der Waals surface area contributed by atoms with Crippen molar-refractivity contribution < 1.29 is 26.3 Å². The Morgan fingerprint density at radius 2 is 1.71 bits per heavy atom. The lowest BCUT2D eigenvalue weighted by Crippen LogP contribution is -2.25. The molecule has 1 aromatic carbocycles. The molecule has 0 aliphatic heterocycles. The van der Waals surface area contributed by atoms with Crippen molar-refractivity contribution in [3.05, 3.63) is 52.4 Å². The summed E-state index contributed by atoms with van der Waals surface area (Å²) in [7, 11) is -2.67. The number of hydrogen-bond donors (Lipinski definition) is 1. The molecule has 1 N–H and O–H groups in total. The van der Waals surface area contributed by atoms with Crippen molar-refractivity contribution in [2.75, 3.05) is 4.72 Å². The number of ether oxygens (including phenoxy) is 1. The van der Waals surface area contributed by atoms with Crippen molar-refractivity contribution in [3.63, 3.8) is 0 Å². The lowest BCUT2D eigenvalue weighted by molar-refractivity contribution is -0.274. The zero-order valence-electron chi connectivity index (χ0n) is 12.6. The summed E-state index contributed by atoms with van der Waals surface area (Å²) in [6, 6.07) is 5.20. The second-order valence-electron chi connectivity index (χ2n) is 4.91. The summed E-state index contributed by atoms with van der Waals surface area (Å²) in [4.78, 5) is 11.7. The van der Waals surface area contributed by atoms with E-state index in [1.165, 1.54) is 17.8 Å². The van der Waals surface area contributed by atoms with Gasteiger partial charge in [0.2, 0.25) is 0 Å². The van der Waals surface area contributed by atoms with Gasteiger partial charge in [-0.25, -0.2) is 8.42 Å². The van der Waals surface area contributed by atoms with Crippen LogP contribution in [-0.2, 0) is 17.1 Å². The quantitative estimate of drug-likeness (QED) is 0.906. The Balaban J connectivity index is 2.32. The topological polar surface area (TPSA) is 77.4 Å². The lowest BCUT2D eigenvalue weighted by Gasteiger charge is -2.12. The molecule has 1 heterocycles. The number of halogens is 3. The third-order valence-electron chi connectivity index (χ3n) is 3.08. The van der Waals surface area contributed by atoms with Crippen molar-refractivity contribution in [2.45, 2.75) is 18.2 Å². The fraction of sp³-hybridized carbons (Fsp3) is 0.214. The van der Waals surface area contributed by atoms with E-state index in [0.717, 1.165) is 24.3 Å². The first-order valence-electron chi connectivity index (χ1n) is 6.54. The van der Waals surface area contributed by atoms with Crippen LogP contribution in [0.4, 0.5) is 18.9 Å². The van der Waals surface area contributed by atoms with Gasteiger partial charge in [0.25, 0.3) is 15.6 Å². The number of sulfonamides is 1. The Bertz CT molecular complexity index is 903. The Morgan fingerprint density at radius 3 is 2.25 bits per heavy atom. The number of nitrogens with zero attached hydrogens (tertiary/aromatic N) is 1. The first kappa shape index (κ1) is 17.9. The maximum atomic E-state index is 12.3. The molecule has 0 unspecified atom stereocenters. The van der Waals surface area contributed by atoms with E-state index < -0.39 is 27.7 Å².